The molecule has 12 heteroatoms. The zero-order valence-corrected chi connectivity index (χ0v) is 17.0. The zero-order valence-electron chi connectivity index (χ0n) is 17.0. The summed E-state index contributed by atoms with van der Waals surface area (Å²) >= 11 is 0. The number of hydrogen-bond donors (Lipinski definition) is 4. The molecule has 4 rings (SSSR count). The number of nitrogens with zero attached hydrogens (tertiary/aromatic N) is 1. The third-order valence-electron chi connectivity index (χ3n) is 5.20. The average Bonchev–Trinajstić information content (AvgIpc) is 3.14. The lowest BCUT2D eigenvalue weighted by Gasteiger charge is -2.34. The van der Waals surface area contributed by atoms with Gasteiger partial charge in [0, 0.05) is 30.4 Å². The summed E-state index contributed by atoms with van der Waals surface area (Å²) in [7, 11) is 0. The molecule has 2 heterocycles. The van der Waals surface area contributed by atoms with Gasteiger partial charge in [0.25, 0.3) is 11.8 Å². The Hall–Kier alpha value is -3.64. The van der Waals surface area contributed by atoms with E-state index >= 15 is 0 Å². The molecular formula is C21H19F3N4O5. The number of benzene rings is 2. The molecule has 1 fully saturated rings. The molecular weight excluding hydrogens is 445 g/mol. The Morgan fingerprint density at radius 1 is 1.30 bits per heavy atom. The van der Waals surface area contributed by atoms with Gasteiger partial charge in [0.05, 0.1) is 12.3 Å². The number of carbonyl (C=O) groups excluding carboxylic acids is 2. The predicted octanol–water partition coefficient (Wildman–Crippen LogP) is 1.59. The first-order chi connectivity index (χ1) is 15.7. The molecule has 0 unspecified atom stereocenters. The second-order valence-electron chi connectivity index (χ2n) is 7.31. The summed E-state index contributed by atoms with van der Waals surface area (Å²) in [6.07, 6.45) is -3.58. The van der Waals surface area contributed by atoms with Gasteiger partial charge in [-0.05, 0) is 35.9 Å². The Balaban J connectivity index is 1.50. The van der Waals surface area contributed by atoms with E-state index in [2.05, 4.69) is 15.4 Å². The van der Waals surface area contributed by atoms with Crippen molar-refractivity contribution < 1.29 is 37.3 Å². The fourth-order valence-corrected chi connectivity index (χ4v) is 3.66. The van der Waals surface area contributed by atoms with Crippen LogP contribution in [-0.2, 0) is 20.9 Å². The molecule has 2 aromatic carbocycles. The number of fused-ring (bicyclic) bond motifs is 1. The molecule has 2 aromatic rings. The number of anilines is 2. The van der Waals surface area contributed by atoms with E-state index in [1.54, 1.807) is 18.2 Å². The zero-order chi connectivity index (χ0) is 23.7. The van der Waals surface area contributed by atoms with E-state index in [9.17, 15) is 27.9 Å². The van der Waals surface area contributed by atoms with Gasteiger partial charge in [-0.3, -0.25) is 15.0 Å². The Kier molecular flexibility index (Phi) is 6.20. The minimum Gasteiger partial charge on any atom is -0.433 e. The number of morpholine rings is 1. The summed E-state index contributed by atoms with van der Waals surface area (Å²) in [5.41, 5.74) is 1.54. The van der Waals surface area contributed by atoms with E-state index in [4.69, 9.17) is 10.1 Å². The molecule has 0 aromatic heterocycles. The fraction of sp³-hybridized carbons (Fsp3) is 0.286. The Labute approximate surface area is 185 Å². The van der Waals surface area contributed by atoms with Gasteiger partial charge in [-0.1, -0.05) is 0 Å². The lowest BCUT2D eigenvalue weighted by atomic mass is 10.1. The summed E-state index contributed by atoms with van der Waals surface area (Å²) in [6, 6.07) is 7.52. The second-order valence-corrected chi connectivity index (χ2v) is 7.31. The van der Waals surface area contributed by atoms with Gasteiger partial charge in [-0.25, -0.2) is 4.39 Å². The van der Waals surface area contributed by atoms with Crippen LogP contribution in [0.4, 0.5) is 24.5 Å². The molecule has 2 amide bonds. The van der Waals surface area contributed by atoms with Crippen LogP contribution in [0.5, 0.6) is 5.75 Å². The van der Waals surface area contributed by atoms with Crippen LogP contribution in [0.3, 0.4) is 0 Å². The van der Waals surface area contributed by atoms with Crippen molar-refractivity contribution in [1.82, 2.24) is 5.32 Å². The summed E-state index contributed by atoms with van der Waals surface area (Å²) in [5.74, 6) is -2.81. The molecule has 0 bridgehead atoms. The quantitative estimate of drug-likeness (QED) is 0.515. The number of carbonyl (C=O) groups is 2. The van der Waals surface area contributed by atoms with Crippen LogP contribution in [0.2, 0.25) is 0 Å². The second kappa shape index (κ2) is 9.08. The van der Waals surface area contributed by atoms with E-state index < -0.39 is 42.2 Å². The maximum Gasteiger partial charge on any atom is 0.387 e. The highest BCUT2D eigenvalue weighted by Crippen LogP contribution is 2.33. The van der Waals surface area contributed by atoms with Crippen molar-refractivity contribution in [3.63, 3.8) is 0 Å². The summed E-state index contributed by atoms with van der Waals surface area (Å²) in [5, 5.41) is 23.6. The van der Waals surface area contributed by atoms with Gasteiger partial charge in [0.1, 0.15) is 17.4 Å². The SMILES string of the molecule is N=C1NCc2cc(NC(=O)[C@H](O)[C@H]3OCCN(c4cc(F)ccc4OC(F)F)C3=O)ccc21. The smallest absolute Gasteiger partial charge is 0.387 e. The predicted molar refractivity (Wildman–Crippen MR) is 110 cm³/mol. The fourth-order valence-electron chi connectivity index (χ4n) is 3.66. The number of ether oxygens (including phenoxy) is 2. The van der Waals surface area contributed by atoms with Crippen LogP contribution >= 0.6 is 0 Å². The lowest BCUT2D eigenvalue weighted by Crippen LogP contribution is -2.55. The molecule has 1 saturated heterocycles. The number of rotatable bonds is 6. The van der Waals surface area contributed by atoms with Crippen molar-refractivity contribution in [2.45, 2.75) is 25.4 Å². The van der Waals surface area contributed by atoms with E-state index in [1.165, 1.54) is 0 Å². The van der Waals surface area contributed by atoms with Crippen LogP contribution in [0.25, 0.3) is 0 Å². The Bertz CT molecular complexity index is 1110. The number of amides is 2. The third kappa shape index (κ3) is 4.61. The maximum absolute atomic E-state index is 13.8. The molecule has 0 saturated carbocycles. The van der Waals surface area contributed by atoms with Gasteiger partial charge in [-0.15, -0.1) is 0 Å². The van der Waals surface area contributed by atoms with E-state index in [0.29, 0.717) is 17.8 Å². The lowest BCUT2D eigenvalue weighted by molar-refractivity contribution is -0.150. The van der Waals surface area contributed by atoms with Crippen LogP contribution in [0.1, 0.15) is 11.1 Å². The highest BCUT2D eigenvalue weighted by molar-refractivity contribution is 6.05. The van der Waals surface area contributed by atoms with Crippen LogP contribution < -0.4 is 20.3 Å². The van der Waals surface area contributed by atoms with E-state index in [0.717, 1.165) is 28.7 Å². The molecule has 174 valence electrons. The molecule has 4 N–H and O–H groups in total. The molecule has 0 aliphatic carbocycles. The van der Waals surface area contributed by atoms with Crippen molar-refractivity contribution >= 4 is 29.0 Å². The maximum atomic E-state index is 13.8. The van der Waals surface area contributed by atoms with Crippen LogP contribution in [0, 0.1) is 11.2 Å². The number of halogens is 3. The molecule has 0 spiro atoms. The third-order valence-corrected chi connectivity index (χ3v) is 5.20. The molecule has 33 heavy (non-hydrogen) atoms. The first-order valence-corrected chi connectivity index (χ1v) is 9.86. The topological polar surface area (TPSA) is 124 Å². The number of amidine groups is 1. The van der Waals surface area contributed by atoms with Crippen molar-refractivity contribution in [3.8, 4) is 5.75 Å². The normalized spacial score (nSPS) is 18.7. The van der Waals surface area contributed by atoms with Crippen LogP contribution in [-0.4, -0.2) is 54.7 Å². The van der Waals surface area contributed by atoms with Gasteiger partial charge < -0.3 is 30.1 Å². The number of alkyl halides is 2. The molecule has 2 atom stereocenters. The van der Waals surface area contributed by atoms with Gasteiger partial charge in [0.2, 0.25) is 0 Å². The van der Waals surface area contributed by atoms with Gasteiger partial charge in [-0.2, -0.15) is 8.78 Å². The van der Waals surface area contributed by atoms with Crippen molar-refractivity contribution in [2.75, 3.05) is 23.4 Å². The number of hydrogen-bond acceptors (Lipinski definition) is 6. The molecule has 9 nitrogen and oxygen atoms in total. The van der Waals surface area contributed by atoms with Gasteiger partial charge in [0.15, 0.2) is 12.2 Å². The first-order valence-electron chi connectivity index (χ1n) is 9.86. The molecule has 0 radical (unpaired) electrons. The van der Waals surface area contributed by atoms with E-state index in [1.807, 2.05) is 0 Å². The summed E-state index contributed by atoms with van der Waals surface area (Å²) < 4.78 is 48.9. The number of aliphatic hydroxyl groups excluding tert-OH is 1. The largest absolute Gasteiger partial charge is 0.433 e. The minimum atomic E-state index is -3.20. The van der Waals surface area contributed by atoms with Gasteiger partial charge >= 0.3 is 6.61 Å². The van der Waals surface area contributed by atoms with E-state index in [-0.39, 0.29) is 24.7 Å². The summed E-state index contributed by atoms with van der Waals surface area (Å²) in [6.45, 7) is -3.06. The molecule has 2 aliphatic heterocycles. The minimum absolute atomic E-state index is 0.128. The average molecular weight is 464 g/mol. The van der Waals surface area contributed by atoms with Crippen LogP contribution in [0.15, 0.2) is 36.4 Å². The highest BCUT2D eigenvalue weighted by atomic mass is 19.3. The summed E-state index contributed by atoms with van der Waals surface area (Å²) in [4.78, 5) is 26.4. The highest BCUT2D eigenvalue weighted by Gasteiger charge is 2.40. The van der Waals surface area contributed by atoms with Crippen molar-refractivity contribution in [2.24, 2.45) is 0 Å². The first kappa shape index (κ1) is 22.6. The number of nitrogens with one attached hydrogen (secondary N) is 3. The standard InChI is InChI=1S/C21H19F3N4O5/c22-11-1-4-15(33-21(23)24)14(8-11)28-5-6-32-17(20(28)31)16(29)19(30)27-12-2-3-13-10(7-12)9-26-18(13)25/h1-4,7-8,16-17,21,29H,5-6,9H2,(H2,25,26)(H,27,30)/t16-,17-/m1/s1. The Morgan fingerprint density at radius 3 is 2.85 bits per heavy atom. The van der Waals surface area contributed by atoms with Crippen molar-refractivity contribution in [3.05, 3.63) is 53.3 Å². The monoisotopic (exact) mass is 464 g/mol. The molecule has 2 aliphatic rings. The van der Waals surface area contributed by atoms with Crippen molar-refractivity contribution in [1.29, 1.82) is 5.41 Å². The number of aliphatic hydroxyl groups is 1. The Morgan fingerprint density at radius 2 is 2.09 bits per heavy atom.